The minimum absolute atomic E-state index is 0.624. The molecule has 3 aromatic heterocycles. The number of pyridine rings is 1. The van der Waals surface area contributed by atoms with Crippen LogP contribution in [0.15, 0.2) is 61.1 Å². The lowest BCUT2D eigenvalue weighted by atomic mass is 10.1. The van der Waals surface area contributed by atoms with E-state index in [0.29, 0.717) is 12.5 Å². The van der Waals surface area contributed by atoms with Gasteiger partial charge in [-0.1, -0.05) is 18.2 Å². The minimum Gasteiger partial charge on any atom is -0.348 e. The van der Waals surface area contributed by atoms with Gasteiger partial charge in [0.2, 0.25) is 5.95 Å². The third-order valence-electron chi connectivity index (χ3n) is 5.05. The molecule has 4 heterocycles. The first kappa shape index (κ1) is 16.8. The van der Waals surface area contributed by atoms with Crippen LogP contribution in [0.25, 0.3) is 10.9 Å². The Bertz CT molecular complexity index is 1090. The second kappa shape index (κ2) is 7.36. The second-order valence-electron chi connectivity index (χ2n) is 6.97. The standard InChI is InChI=1S/C21H21N7/c1-4-16(19-5-2-7-22-20(19)6-1)14-27-10-11-28-18(15-27)12-17(26-28)13-25-21-23-8-3-9-24-21/h1-9,12H,10-11,13-15H2,(H,23,24,25). The van der Waals surface area contributed by atoms with Crippen molar-refractivity contribution in [2.75, 3.05) is 11.9 Å². The van der Waals surface area contributed by atoms with Crippen molar-refractivity contribution in [3.63, 3.8) is 0 Å². The van der Waals surface area contributed by atoms with E-state index in [-0.39, 0.29) is 0 Å². The topological polar surface area (TPSA) is 71.8 Å². The SMILES string of the molecule is c1cnc(NCc2cc3n(n2)CCN(Cc2cccc4ncccc24)C3)nc1. The molecule has 140 valence electrons. The molecule has 1 aromatic carbocycles. The molecule has 5 rings (SSSR count). The molecule has 0 amide bonds. The summed E-state index contributed by atoms with van der Waals surface area (Å²) in [6.07, 6.45) is 5.31. The van der Waals surface area contributed by atoms with E-state index in [1.54, 1.807) is 18.5 Å². The third kappa shape index (κ3) is 3.44. The Morgan fingerprint density at radius 2 is 1.82 bits per heavy atom. The summed E-state index contributed by atoms with van der Waals surface area (Å²) in [7, 11) is 0. The van der Waals surface area contributed by atoms with Gasteiger partial charge in [0, 0.05) is 43.6 Å². The summed E-state index contributed by atoms with van der Waals surface area (Å²) < 4.78 is 2.12. The van der Waals surface area contributed by atoms with Gasteiger partial charge in [-0.05, 0) is 29.8 Å². The molecule has 0 fully saturated rings. The number of anilines is 1. The number of benzene rings is 1. The Kier molecular flexibility index (Phi) is 4.42. The van der Waals surface area contributed by atoms with Crippen molar-refractivity contribution >= 4 is 16.9 Å². The van der Waals surface area contributed by atoms with Gasteiger partial charge in [0.15, 0.2) is 0 Å². The summed E-state index contributed by atoms with van der Waals surface area (Å²) in [5, 5.41) is 9.18. The molecule has 0 spiro atoms. The van der Waals surface area contributed by atoms with E-state index in [1.165, 1.54) is 16.6 Å². The number of nitrogens with one attached hydrogen (secondary N) is 1. The Hall–Kier alpha value is -3.32. The van der Waals surface area contributed by atoms with Gasteiger partial charge in [-0.3, -0.25) is 14.6 Å². The van der Waals surface area contributed by atoms with Crippen molar-refractivity contribution < 1.29 is 0 Å². The normalized spacial score (nSPS) is 14.1. The predicted octanol–water partition coefficient (Wildman–Crippen LogP) is 2.85. The fourth-order valence-electron chi connectivity index (χ4n) is 3.71. The van der Waals surface area contributed by atoms with Gasteiger partial charge in [0.1, 0.15) is 0 Å². The van der Waals surface area contributed by atoms with Crippen molar-refractivity contribution in [1.29, 1.82) is 0 Å². The molecule has 0 atom stereocenters. The smallest absolute Gasteiger partial charge is 0.222 e. The van der Waals surface area contributed by atoms with Crippen LogP contribution in [0.1, 0.15) is 17.0 Å². The minimum atomic E-state index is 0.624. The Morgan fingerprint density at radius 3 is 2.75 bits per heavy atom. The Morgan fingerprint density at radius 1 is 0.929 bits per heavy atom. The number of nitrogens with zero attached hydrogens (tertiary/aromatic N) is 6. The molecule has 1 N–H and O–H groups in total. The van der Waals surface area contributed by atoms with Crippen LogP contribution in [0.4, 0.5) is 5.95 Å². The summed E-state index contributed by atoms with van der Waals surface area (Å²) in [6, 6.07) is 14.5. The molecule has 0 saturated carbocycles. The van der Waals surface area contributed by atoms with Crippen molar-refractivity contribution in [1.82, 2.24) is 29.6 Å². The van der Waals surface area contributed by atoms with E-state index in [4.69, 9.17) is 5.10 Å². The fraction of sp³-hybridized carbons (Fsp3) is 0.238. The lowest BCUT2D eigenvalue weighted by molar-refractivity contribution is 0.206. The lowest BCUT2D eigenvalue weighted by Gasteiger charge is -2.27. The summed E-state index contributed by atoms with van der Waals surface area (Å²) >= 11 is 0. The summed E-state index contributed by atoms with van der Waals surface area (Å²) in [6.45, 7) is 4.32. The molecule has 7 nitrogen and oxygen atoms in total. The van der Waals surface area contributed by atoms with Crippen molar-refractivity contribution in [3.05, 3.63) is 78.0 Å². The molecule has 0 aliphatic carbocycles. The van der Waals surface area contributed by atoms with E-state index < -0.39 is 0 Å². The zero-order valence-electron chi connectivity index (χ0n) is 15.5. The highest BCUT2D eigenvalue weighted by Gasteiger charge is 2.19. The number of aromatic nitrogens is 5. The molecular weight excluding hydrogens is 350 g/mol. The van der Waals surface area contributed by atoms with E-state index in [1.807, 2.05) is 12.3 Å². The van der Waals surface area contributed by atoms with Crippen molar-refractivity contribution in [2.45, 2.75) is 26.2 Å². The van der Waals surface area contributed by atoms with Gasteiger partial charge in [0.05, 0.1) is 30.0 Å². The molecule has 1 aliphatic rings. The lowest BCUT2D eigenvalue weighted by Crippen LogP contribution is -2.33. The van der Waals surface area contributed by atoms with E-state index in [2.05, 4.69) is 60.2 Å². The maximum absolute atomic E-state index is 4.72. The number of hydrogen-bond donors (Lipinski definition) is 1. The molecule has 0 unspecified atom stereocenters. The Labute approximate surface area is 163 Å². The molecule has 0 bridgehead atoms. The van der Waals surface area contributed by atoms with Crippen molar-refractivity contribution in [3.8, 4) is 0 Å². The van der Waals surface area contributed by atoms with Gasteiger partial charge >= 0.3 is 0 Å². The highest BCUT2D eigenvalue weighted by Crippen LogP contribution is 2.21. The summed E-state index contributed by atoms with van der Waals surface area (Å²) in [4.78, 5) is 15.3. The molecule has 1 aliphatic heterocycles. The average Bonchev–Trinajstić information content (AvgIpc) is 3.16. The number of hydrogen-bond acceptors (Lipinski definition) is 6. The van der Waals surface area contributed by atoms with E-state index in [9.17, 15) is 0 Å². The average molecular weight is 371 g/mol. The molecule has 28 heavy (non-hydrogen) atoms. The largest absolute Gasteiger partial charge is 0.348 e. The van der Waals surface area contributed by atoms with Crippen LogP contribution in [-0.4, -0.2) is 36.2 Å². The maximum atomic E-state index is 4.72. The fourth-order valence-corrected chi connectivity index (χ4v) is 3.71. The molecule has 0 radical (unpaired) electrons. The zero-order valence-corrected chi connectivity index (χ0v) is 15.5. The Balaban J connectivity index is 1.28. The highest BCUT2D eigenvalue weighted by atomic mass is 15.3. The van der Waals surface area contributed by atoms with Crippen LogP contribution in [-0.2, 0) is 26.2 Å². The maximum Gasteiger partial charge on any atom is 0.222 e. The molecular formula is C21H21N7. The first-order valence-electron chi connectivity index (χ1n) is 9.47. The third-order valence-corrected chi connectivity index (χ3v) is 5.05. The highest BCUT2D eigenvalue weighted by molar-refractivity contribution is 5.81. The quantitative estimate of drug-likeness (QED) is 0.582. The van der Waals surface area contributed by atoms with Crippen LogP contribution in [0, 0.1) is 0 Å². The summed E-state index contributed by atoms with van der Waals surface area (Å²) in [5.74, 6) is 0.625. The van der Waals surface area contributed by atoms with Crippen molar-refractivity contribution in [2.24, 2.45) is 0 Å². The van der Waals surface area contributed by atoms with Gasteiger partial charge in [0.25, 0.3) is 0 Å². The van der Waals surface area contributed by atoms with Crippen LogP contribution in [0.3, 0.4) is 0 Å². The van der Waals surface area contributed by atoms with Gasteiger partial charge in [-0.25, -0.2) is 9.97 Å². The van der Waals surface area contributed by atoms with Gasteiger partial charge < -0.3 is 5.32 Å². The van der Waals surface area contributed by atoms with Crippen LogP contribution < -0.4 is 5.32 Å². The monoisotopic (exact) mass is 371 g/mol. The summed E-state index contributed by atoms with van der Waals surface area (Å²) in [5.41, 5.74) is 4.63. The number of fused-ring (bicyclic) bond motifs is 2. The van der Waals surface area contributed by atoms with E-state index in [0.717, 1.165) is 37.4 Å². The van der Waals surface area contributed by atoms with Crippen LogP contribution >= 0.6 is 0 Å². The number of rotatable bonds is 5. The van der Waals surface area contributed by atoms with Gasteiger partial charge in [-0.15, -0.1) is 0 Å². The second-order valence-corrected chi connectivity index (χ2v) is 6.97. The van der Waals surface area contributed by atoms with Crippen LogP contribution in [0.5, 0.6) is 0 Å². The predicted molar refractivity (Wildman–Crippen MR) is 107 cm³/mol. The molecule has 0 saturated heterocycles. The zero-order chi connectivity index (χ0) is 18.8. The van der Waals surface area contributed by atoms with E-state index >= 15 is 0 Å². The molecule has 7 heteroatoms. The van der Waals surface area contributed by atoms with Gasteiger partial charge in [-0.2, -0.15) is 5.10 Å². The first-order valence-corrected chi connectivity index (χ1v) is 9.47. The first-order chi connectivity index (χ1) is 13.8. The molecule has 4 aromatic rings. The van der Waals surface area contributed by atoms with Crippen LogP contribution in [0.2, 0.25) is 0 Å².